The molecule has 182 valence electrons. The summed E-state index contributed by atoms with van der Waals surface area (Å²) < 4.78 is 0. The molecule has 4 amide bonds. The van der Waals surface area contributed by atoms with Crippen molar-refractivity contribution in [3.8, 4) is 0 Å². The number of aryl methyl sites for hydroxylation is 1. The van der Waals surface area contributed by atoms with Gasteiger partial charge in [-0.1, -0.05) is 29.3 Å². The topological polar surface area (TPSA) is 86.8 Å². The van der Waals surface area contributed by atoms with E-state index in [1.54, 1.807) is 35.2 Å². The zero-order valence-corrected chi connectivity index (χ0v) is 20.3. The van der Waals surface area contributed by atoms with E-state index < -0.39 is 11.9 Å². The minimum atomic E-state index is -0.852. The summed E-state index contributed by atoms with van der Waals surface area (Å²) in [6.45, 7) is 3.72. The fourth-order valence-corrected chi connectivity index (χ4v) is 4.77. The Morgan fingerprint density at radius 1 is 1.09 bits per heavy atom. The second-order valence-electron chi connectivity index (χ2n) is 9.24. The second kappa shape index (κ2) is 10.7. The molecule has 0 spiro atoms. The zero-order chi connectivity index (χ0) is 24.9. The van der Waals surface area contributed by atoms with Gasteiger partial charge in [-0.15, -0.1) is 0 Å². The zero-order valence-electron chi connectivity index (χ0n) is 20.3. The van der Waals surface area contributed by atoms with Crippen molar-refractivity contribution in [3.63, 3.8) is 0 Å². The van der Waals surface area contributed by atoms with Gasteiger partial charge >= 0.3 is 0 Å². The molecule has 1 saturated heterocycles. The third-order valence-corrected chi connectivity index (χ3v) is 6.53. The molecule has 7 heteroatoms. The summed E-state index contributed by atoms with van der Waals surface area (Å²) >= 11 is 0. The standard InChI is InChI=1S/C28H31N3O4/c1-19-7-6-10-22(17-19)27(34)30(16-15-21-8-4-3-5-9-21)25-18-26(33)31(28(25)35)24-13-11-23(12-14-24)29-20(2)32/h6-8,10-14,17,25H,3-5,9,15-16,18H2,1-2H3,(H,29,32). The molecule has 35 heavy (non-hydrogen) atoms. The predicted octanol–water partition coefficient (Wildman–Crippen LogP) is 4.62. The molecule has 1 aliphatic carbocycles. The summed E-state index contributed by atoms with van der Waals surface area (Å²) in [6.07, 6.45) is 7.26. The summed E-state index contributed by atoms with van der Waals surface area (Å²) in [7, 11) is 0. The third kappa shape index (κ3) is 5.67. The normalized spacial score (nSPS) is 17.8. The molecule has 1 heterocycles. The molecule has 0 radical (unpaired) electrons. The highest BCUT2D eigenvalue weighted by Gasteiger charge is 2.44. The number of nitrogens with zero attached hydrogens (tertiary/aromatic N) is 2. The number of allylic oxidation sites excluding steroid dienone is 1. The first-order valence-electron chi connectivity index (χ1n) is 12.1. The lowest BCUT2D eigenvalue weighted by Crippen LogP contribution is -2.46. The summed E-state index contributed by atoms with van der Waals surface area (Å²) in [6, 6.07) is 13.0. The number of rotatable bonds is 7. The Morgan fingerprint density at radius 3 is 2.51 bits per heavy atom. The van der Waals surface area contributed by atoms with Gasteiger partial charge < -0.3 is 10.2 Å². The molecular weight excluding hydrogens is 442 g/mol. The van der Waals surface area contributed by atoms with Crippen molar-refractivity contribution in [1.82, 2.24) is 4.90 Å². The van der Waals surface area contributed by atoms with Gasteiger partial charge in [0.15, 0.2) is 0 Å². The lowest BCUT2D eigenvalue weighted by Gasteiger charge is -2.29. The van der Waals surface area contributed by atoms with Gasteiger partial charge in [-0.05, 0) is 75.4 Å². The van der Waals surface area contributed by atoms with Crippen molar-refractivity contribution in [3.05, 3.63) is 71.3 Å². The molecule has 2 aliphatic rings. The first kappa shape index (κ1) is 24.4. The van der Waals surface area contributed by atoms with Crippen molar-refractivity contribution >= 4 is 35.0 Å². The van der Waals surface area contributed by atoms with Gasteiger partial charge in [0.1, 0.15) is 6.04 Å². The Balaban J connectivity index is 1.59. The minimum Gasteiger partial charge on any atom is -0.326 e. The number of carbonyl (C=O) groups excluding carboxylic acids is 4. The Kier molecular flexibility index (Phi) is 7.44. The van der Waals surface area contributed by atoms with E-state index in [9.17, 15) is 19.2 Å². The molecule has 0 saturated carbocycles. The Hall–Kier alpha value is -3.74. The van der Waals surface area contributed by atoms with E-state index >= 15 is 0 Å². The maximum atomic E-state index is 13.6. The molecule has 1 atom stereocenters. The molecule has 1 unspecified atom stereocenters. The van der Waals surface area contributed by atoms with Gasteiger partial charge in [-0.2, -0.15) is 0 Å². The number of hydrogen-bond acceptors (Lipinski definition) is 4. The first-order valence-corrected chi connectivity index (χ1v) is 12.1. The monoisotopic (exact) mass is 473 g/mol. The molecule has 1 aliphatic heterocycles. The molecule has 7 nitrogen and oxygen atoms in total. The highest BCUT2D eigenvalue weighted by atomic mass is 16.2. The summed E-state index contributed by atoms with van der Waals surface area (Å²) in [5, 5.41) is 2.67. The van der Waals surface area contributed by atoms with E-state index in [-0.39, 0.29) is 24.1 Å². The van der Waals surface area contributed by atoms with Crippen LogP contribution in [0, 0.1) is 6.92 Å². The molecule has 2 aromatic rings. The van der Waals surface area contributed by atoms with Crippen LogP contribution in [0.1, 0.15) is 61.4 Å². The molecule has 0 bridgehead atoms. The van der Waals surface area contributed by atoms with Crippen LogP contribution in [0.3, 0.4) is 0 Å². The average molecular weight is 474 g/mol. The van der Waals surface area contributed by atoms with Crippen molar-refractivity contribution in [2.45, 2.75) is 58.4 Å². The van der Waals surface area contributed by atoms with Crippen LogP contribution in [0.4, 0.5) is 11.4 Å². The Labute approximate surface area is 205 Å². The minimum absolute atomic E-state index is 0.0527. The highest BCUT2D eigenvalue weighted by molar-refractivity contribution is 6.23. The van der Waals surface area contributed by atoms with E-state index in [0.717, 1.165) is 29.7 Å². The number of anilines is 2. The van der Waals surface area contributed by atoms with Crippen molar-refractivity contribution in [2.75, 3.05) is 16.8 Å². The number of hydrogen-bond donors (Lipinski definition) is 1. The number of benzene rings is 2. The van der Waals surface area contributed by atoms with E-state index in [0.29, 0.717) is 29.9 Å². The van der Waals surface area contributed by atoms with Crippen molar-refractivity contribution in [1.29, 1.82) is 0 Å². The van der Waals surface area contributed by atoms with Gasteiger partial charge in [-0.25, -0.2) is 4.90 Å². The molecular formula is C28H31N3O4. The highest BCUT2D eigenvalue weighted by Crippen LogP contribution is 2.29. The summed E-state index contributed by atoms with van der Waals surface area (Å²) in [5.41, 5.74) is 3.78. The van der Waals surface area contributed by atoms with Gasteiger partial charge in [0.2, 0.25) is 11.8 Å². The van der Waals surface area contributed by atoms with Crippen LogP contribution in [0.2, 0.25) is 0 Å². The predicted molar refractivity (Wildman–Crippen MR) is 135 cm³/mol. The molecule has 1 fully saturated rings. The van der Waals surface area contributed by atoms with E-state index in [1.807, 2.05) is 25.1 Å². The van der Waals surface area contributed by atoms with Crippen molar-refractivity contribution in [2.24, 2.45) is 0 Å². The maximum absolute atomic E-state index is 13.6. The van der Waals surface area contributed by atoms with Gasteiger partial charge in [-0.3, -0.25) is 19.2 Å². The first-order chi connectivity index (χ1) is 16.8. The quantitative estimate of drug-likeness (QED) is 0.470. The van der Waals surface area contributed by atoms with Crippen LogP contribution in [0.25, 0.3) is 0 Å². The largest absolute Gasteiger partial charge is 0.326 e. The van der Waals surface area contributed by atoms with E-state index in [1.165, 1.54) is 18.9 Å². The number of imide groups is 1. The summed E-state index contributed by atoms with van der Waals surface area (Å²) in [4.78, 5) is 54.1. The lowest BCUT2D eigenvalue weighted by atomic mass is 9.96. The third-order valence-electron chi connectivity index (χ3n) is 6.53. The van der Waals surface area contributed by atoms with Gasteiger partial charge in [0.25, 0.3) is 11.8 Å². The fourth-order valence-electron chi connectivity index (χ4n) is 4.77. The molecule has 4 rings (SSSR count). The Morgan fingerprint density at radius 2 is 1.86 bits per heavy atom. The smallest absolute Gasteiger partial charge is 0.257 e. The van der Waals surface area contributed by atoms with E-state index in [2.05, 4.69) is 11.4 Å². The van der Waals surface area contributed by atoms with Crippen LogP contribution in [-0.4, -0.2) is 41.1 Å². The second-order valence-corrected chi connectivity index (χ2v) is 9.24. The molecule has 2 aromatic carbocycles. The van der Waals surface area contributed by atoms with Crippen LogP contribution >= 0.6 is 0 Å². The van der Waals surface area contributed by atoms with Crippen LogP contribution in [0.5, 0.6) is 0 Å². The number of amides is 4. The Bertz CT molecular complexity index is 1170. The number of carbonyl (C=O) groups is 4. The maximum Gasteiger partial charge on any atom is 0.257 e. The van der Waals surface area contributed by atoms with Crippen LogP contribution in [0.15, 0.2) is 60.2 Å². The average Bonchev–Trinajstić information content (AvgIpc) is 3.13. The van der Waals surface area contributed by atoms with Crippen molar-refractivity contribution < 1.29 is 19.2 Å². The molecule has 0 aromatic heterocycles. The number of nitrogens with one attached hydrogen (secondary N) is 1. The fraction of sp³-hybridized carbons (Fsp3) is 0.357. The van der Waals surface area contributed by atoms with Gasteiger partial charge in [0, 0.05) is 24.7 Å². The SMILES string of the molecule is CC(=O)Nc1ccc(N2C(=O)CC(N(CCC3=CCCCC3)C(=O)c3cccc(C)c3)C2=O)cc1. The summed E-state index contributed by atoms with van der Waals surface area (Å²) in [5.74, 6) is -1.18. The van der Waals surface area contributed by atoms with Gasteiger partial charge in [0.05, 0.1) is 12.1 Å². The molecule has 1 N–H and O–H groups in total. The van der Waals surface area contributed by atoms with Crippen LogP contribution in [-0.2, 0) is 14.4 Å². The van der Waals surface area contributed by atoms with Crippen LogP contribution < -0.4 is 10.2 Å². The lowest BCUT2D eigenvalue weighted by molar-refractivity contribution is -0.122. The van der Waals surface area contributed by atoms with E-state index in [4.69, 9.17) is 0 Å².